The standard InChI is InChI=1S/C17H26N2O3S/c1-2-10-23(20,21)19-11-16-4-3-7-17(16,13-19)14-22-12-15-5-8-18-9-6-15/h5-6,8-9,16H,2-4,7,10-14H2,1H3/t16-,17+/m0/s1. The number of fused-ring (bicyclic) bond motifs is 1. The summed E-state index contributed by atoms with van der Waals surface area (Å²) in [6.45, 7) is 4.45. The zero-order chi connectivity index (χ0) is 16.3. The van der Waals surface area contributed by atoms with E-state index in [0.29, 0.717) is 38.6 Å². The molecule has 1 aliphatic carbocycles. The van der Waals surface area contributed by atoms with Crippen molar-refractivity contribution in [3.05, 3.63) is 30.1 Å². The molecule has 2 atom stereocenters. The summed E-state index contributed by atoms with van der Waals surface area (Å²) < 4.78 is 32.5. The quantitative estimate of drug-likeness (QED) is 0.766. The van der Waals surface area contributed by atoms with E-state index in [-0.39, 0.29) is 11.2 Å². The molecule has 1 aromatic heterocycles. The largest absolute Gasteiger partial charge is 0.376 e. The molecule has 1 aromatic rings. The van der Waals surface area contributed by atoms with Gasteiger partial charge in [0.15, 0.2) is 0 Å². The van der Waals surface area contributed by atoms with Gasteiger partial charge in [-0.2, -0.15) is 0 Å². The van der Waals surface area contributed by atoms with Crippen molar-refractivity contribution >= 4 is 10.0 Å². The van der Waals surface area contributed by atoms with Crippen molar-refractivity contribution in [2.24, 2.45) is 11.3 Å². The minimum Gasteiger partial charge on any atom is -0.376 e. The van der Waals surface area contributed by atoms with Crippen LogP contribution in [0.25, 0.3) is 0 Å². The number of rotatable bonds is 7. The molecule has 1 saturated carbocycles. The monoisotopic (exact) mass is 338 g/mol. The minimum atomic E-state index is -3.10. The molecular weight excluding hydrogens is 312 g/mol. The SMILES string of the molecule is CCCS(=O)(=O)N1C[C@@H]2CCC[C@]2(COCc2ccncc2)C1. The molecule has 2 aliphatic rings. The summed E-state index contributed by atoms with van der Waals surface area (Å²) in [6.07, 6.45) is 7.59. The van der Waals surface area contributed by atoms with Crippen molar-refractivity contribution in [2.75, 3.05) is 25.4 Å². The van der Waals surface area contributed by atoms with Crippen LogP contribution in [0.2, 0.25) is 0 Å². The third-order valence-corrected chi connectivity index (χ3v) is 7.26. The second-order valence-corrected chi connectivity index (χ2v) is 9.00. The van der Waals surface area contributed by atoms with Crippen LogP contribution < -0.4 is 0 Å². The number of hydrogen-bond acceptors (Lipinski definition) is 4. The van der Waals surface area contributed by atoms with Gasteiger partial charge in [-0.05, 0) is 42.9 Å². The number of hydrogen-bond donors (Lipinski definition) is 0. The predicted molar refractivity (Wildman–Crippen MR) is 89.3 cm³/mol. The van der Waals surface area contributed by atoms with E-state index in [2.05, 4.69) is 4.98 Å². The van der Waals surface area contributed by atoms with Gasteiger partial charge < -0.3 is 4.74 Å². The fraction of sp³-hybridized carbons (Fsp3) is 0.706. The molecule has 3 rings (SSSR count). The molecule has 23 heavy (non-hydrogen) atoms. The summed E-state index contributed by atoms with van der Waals surface area (Å²) in [6, 6.07) is 3.91. The first-order chi connectivity index (χ1) is 11.1. The molecule has 6 heteroatoms. The maximum Gasteiger partial charge on any atom is 0.214 e. The molecule has 0 aromatic carbocycles. The molecule has 2 heterocycles. The van der Waals surface area contributed by atoms with Gasteiger partial charge in [-0.3, -0.25) is 4.98 Å². The van der Waals surface area contributed by atoms with Gasteiger partial charge >= 0.3 is 0 Å². The molecule has 0 unspecified atom stereocenters. The highest BCUT2D eigenvalue weighted by atomic mass is 32.2. The van der Waals surface area contributed by atoms with Gasteiger partial charge in [0.05, 0.1) is 19.0 Å². The summed E-state index contributed by atoms with van der Waals surface area (Å²) in [7, 11) is -3.10. The highest BCUT2D eigenvalue weighted by Crippen LogP contribution is 2.49. The molecule has 5 nitrogen and oxygen atoms in total. The normalized spacial score (nSPS) is 28.1. The number of ether oxygens (including phenoxy) is 1. The van der Waals surface area contributed by atoms with Gasteiger partial charge in [0, 0.05) is 30.9 Å². The van der Waals surface area contributed by atoms with Crippen molar-refractivity contribution < 1.29 is 13.2 Å². The smallest absolute Gasteiger partial charge is 0.214 e. The van der Waals surface area contributed by atoms with Crippen LogP contribution in [0.4, 0.5) is 0 Å². The lowest BCUT2D eigenvalue weighted by atomic mass is 9.82. The number of aromatic nitrogens is 1. The molecule has 0 spiro atoms. The summed E-state index contributed by atoms with van der Waals surface area (Å²) in [5.74, 6) is 0.708. The van der Waals surface area contributed by atoms with Crippen LogP contribution in [0.15, 0.2) is 24.5 Å². The van der Waals surface area contributed by atoms with Crippen molar-refractivity contribution in [1.29, 1.82) is 0 Å². The number of sulfonamides is 1. The highest BCUT2D eigenvalue weighted by Gasteiger charge is 2.52. The fourth-order valence-electron chi connectivity index (χ4n) is 4.05. The molecule has 128 valence electrons. The average molecular weight is 338 g/mol. The highest BCUT2D eigenvalue weighted by molar-refractivity contribution is 7.89. The molecule has 0 N–H and O–H groups in total. The Morgan fingerprint density at radius 1 is 1.39 bits per heavy atom. The van der Waals surface area contributed by atoms with Gasteiger partial charge in [-0.1, -0.05) is 13.3 Å². The van der Waals surface area contributed by atoms with Crippen molar-refractivity contribution in [1.82, 2.24) is 9.29 Å². The van der Waals surface area contributed by atoms with Gasteiger partial charge in [0.2, 0.25) is 10.0 Å². The summed E-state index contributed by atoms with van der Waals surface area (Å²) in [4.78, 5) is 4.01. The second-order valence-electron chi connectivity index (χ2n) is 6.91. The Hall–Kier alpha value is -0.980. The van der Waals surface area contributed by atoms with Crippen LogP contribution in [0.5, 0.6) is 0 Å². The summed E-state index contributed by atoms with van der Waals surface area (Å²) in [5.41, 5.74) is 1.13. The maximum atomic E-state index is 12.4. The van der Waals surface area contributed by atoms with Crippen LogP contribution in [-0.4, -0.2) is 43.2 Å². The van der Waals surface area contributed by atoms with E-state index >= 15 is 0 Å². The number of nitrogens with zero attached hydrogens (tertiary/aromatic N) is 2. The zero-order valence-corrected chi connectivity index (χ0v) is 14.6. The Morgan fingerprint density at radius 2 is 2.17 bits per heavy atom. The predicted octanol–water partition coefficient (Wildman–Crippen LogP) is 2.44. The first-order valence-electron chi connectivity index (χ1n) is 8.50. The molecule has 1 aliphatic heterocycles. The van der Waals surface area contributed by atoms with Gasteiger partial charge in [0.1, 0.15) is 0 Å². The Balaban J connectivity index is 1.63. The van der Waals surface area contributed by atoms with Gasteiger partial charge in [-0.15, -0.1) is 0 Å². The van der Waals surface area contributed by atoms with Crippen LogP contribution in [0, 0.1) is 11.3 Å². The Bertz CT molecular complexity index is 620. The van der Waals surface area contributed by atoms with E-state index in [1.165, 1.54) is 6.42 Å². The zero-order valence-electron chi connectivity index (χ0n) is 13.8. The van der Waals surface area contributed by atoms with Gasteiger partial charge in [-0.25, -0.2) is 12.7 Å². The second kappa shape index (κ2) is 6.87. The van der Waals surface area contributed by atoms with Crippen LogP contribution in [0.3, 0.4) is 0 Å². The third kappa shape index (κ3) is 3.59. The lowest BCUT2D eigenvalue weighted by Gasteiger charge is -2.28. The third-order valence-electron chi connectivity index (χ3n) is 5.27. The summed E-state index contributed by atoms with van der Waals surface area (Å²) >= 11 is 0. The Morgan fingerprint density at radius 3 is 2.91 bits per heavy atom. The maximum absolute atomic E-state index is 12.4. The van der Waals surface area contributed by atoms with Crippen molar-refractivity contribution in [3.8, 4) is 0 Å². The lowest BCUT2D eigenvalue weighted by molar-refractivity contribution is 0.0291. The Kier molecular flexibility index (Phi) is 5.04. The fourth-order valence-corrected chi connectivity index (χ4v) is 5.69. The molecule has 0 amide bonds. The van der Waals surface area contributed by atoms with E-state index in [4.69, 9.17) is 4.74 Å². The van der Waals surface area contributed by atoms with Crippen LogP contribution in [-0.2, 0) is 21.4 Å². The first kappa shape index (κ1) is 16.9. The molecule has 0 bridgehead atoms. The molecule has 2 fully saturated rings. The topological polar surface area (TPSA) is 59.5 Å². The first-order valence-corrected chi connectivity index (χ1v) is 10.1. The van der Waals surface area contributed by atoms with Gasteiger partial charge in [0.25, 0.3) is 0 Å². The lowest BCUT2D eigenvalue weighted by Crippen LogP contribution is -2.35. The van der Waals surface area contributed by atoms with Crippen LogP contribution >= 0.6 is 0 Å². The molecule has 0 radical (unpaired) electrons. The van der Waals surface area contributed by atoms with E-state index < -0.39 is 10.0 Å². The van der Waals surface area contributed by atoms with E-state index in [1.807, 2.05) is 19.1 Å². The van der Waals surface area contributed by atoms with E-state index in [0.717, 1.165) is 18.4 Å². The van der Waals surface area contributed by atoms with Crippen LogP contribution in [0.1, 0.15) is 38.2 Å². The van der Waals surface area contributed by atoms with E-state index in [9.17, 15) is 8.42 Å². The Labute approximate surface area is 139 Å². The summed E-state index contributed by atoms with van der Waals surface area (Å²) in [5, 5.41) is 0. The average Bonchev–Trinajstić information content (AvgIpc) is 3.06. The number of pyridine rings is 1. The van der Waals surface area contributed by atoms with Crippen molar-refractivity contribution in [3.63, 3.8) is 0 Å². The molecule has 1 saturated heterocycles. The minimum absolute atomic E-state index is 0.0217. The van der Waals surface area contributed by atoms with E-state index in [1.54, 1.807) is 16.7 Å². The van der Waals surface area contributed by atoms with Crippen molar-refractivity contribution in [2.45, 2.75) is 39.2 Å². The molecular formula is C17H26N2O3S.